The van der Waals surface area contributed by atoms with Gasteiger partial charge in [-0.25, -0.2) is 21.9 Å². The number of halogens is 2. The van der Waals surface area contributed by atoms with Crippen molar-refractivity contribution in [2.75, 3.05) is 0 Å². The van der Waals surface area contributed by atoms with Gasteiger partial charge in [-0.15, -0.1) is 0 Å². The molecule has 1 aromatic heterocycles. The lowest BCUT2D eigenvalue weighted by Crippen LogP contribution is -2.33. The molecule has 1 atom stereocenters. The Morgan fingerprint density at radius 3 is 2.61 bits per heavy atom. The number of aromatic nitrogens is 1. The molecule has 0 spiro atoms. The highest BCUT2D eigenvalue weighted by Crippen LogP contribution is 2.37. The predicted molar refractivity (Wildman–Crippen MR) is 82.9 cm³/mol. The molecule has 0 bridgehead atoms. The van der Waals surface area contributed by atoms with Crippen LogP contribution >= 0.6 is 0 Å². The first-order chi connectivity index (χ1) is 10.8. The summed E-state index contributed by atoms with van der Waals surface area (Å²) in [6.45, 7) is -0.0539. The van der Waals surface area contributed by atoms with Crippen LogP contribution in [-0.2, 0) is 16.6 Å². The van der Waals surface area contributed by atoms with Crippen molar-refractivity contribution in [3.8, 4) is 0 Å². The van der Waals surface area contributed by atoms with Crippen LogP contribution in [0.2, 0.25) is 0 Å². The number of alkyl halides is 2. The molecule has 1 saturated carbocycles. The Kier molecular flexibility index (Phi) is 3.97. The summed E-state index contributed by atoms with van der Waals surface area (Å²) in [6.07, 6.45) is 0.347. The standard InChI is InChI=1S/C15H16F2N2O3S/c16-15(17)6-5-11(7-15)23(21,22)19-9-10-8-18-14(20)13-4-2-1-3-12(10)13/h1-4,8,11,19H,5-7,9H2,(H,18,20). The molecule has 0 radical (unpaired) electrons. The molecule has 0 saturated heterocycles. The number of fused-ring (bicyclic) bond motifs is 1. The van der Waals surface area contributed by atoms with E-state index in [4.69, 9.17) is 0 Å². The minimum Gasteiger partial charge on any atom is -0.328 e. The van der Waals surface area contributed by atoms with Crippen LogP contribution in [0.1, 0.15) is 24.8 Å². The Morgan fingerprint density at radius 1 is 1.26 bits per heavy atom. The third-order valence-electron chi connectivity index (χ3n) is 4.16. The molecular weight excluding hydrogens is 326 g/mol. The van der Waals surface area contributed by atoms with Crippen LogP contribution in [0.25, 0.3) is 10.8 Å². The van der Waals surface area contributed by atoms with Gasteiger partial charge in [0, 0.05) is 31.0 Å². The van der Waals surface area contributed by atoms with Crippen LogP contribution in [0.4, 0.5) is 8.78 Å². The van der Waals surface area contributed by atoms with Gasteiger partial charge in [-0.05, 0) is 23.4 Å². The largest absolute Gasteiger partial charge is 0.328 e. The SMILES string of the molecule is O=c1[nH]cc(CNS(=O)(=O)C2CCC(F)(F)C2)c2ccccc12. The maximum atomic E-state index is 13.2. The molecule has 2 N–H and O–H groups in total. The second-order valence-corrected chi connectivity index (χ2v) is 7.82. The molecule has 2 aromatic rings. The molecule has 0 aliphatic heterocycles. The fourth-order valence-corrected chi connectivity index (χ4v) is 4.37. The van der Waals surface area contributed by atoms with E-state index in [0.717, 1.165) is 0 Å². The summed E-state index contributed by atoms with van der Waals surface area (Å²) in [6, 6.07) is 6.82. The monoisotopic (exact) mass is 342 g/mol. The summed E-state index contributed by atoms with van der Waals surface area (Å²) in [5.74, 6) is -2.91. The van der Waals surface area contributed by atoms with Gasteiger partial charge in [0.25, 0.3) is 5.56 Å². The van der Waals surface area contributed by atoms with Gasteiger partial charge in [0.2, 0.25) is 15.9 Å². The third-order valence-corrected chi connectivity index (χ3v) is 5.98. The predicted octanol–water partition coefficient (Wildman–Crippen LogP) is 2.14. The number of sulfonamides is 1. The van der Waals surface area contributed by atoms with Crippen LogP contribution < -0.4 is 10.3 Å². The molecule has 3 rings (SSSR count). The molecule has 5 nitrogen and oxygen atoms in total. The number of hydrogen-bond donors (Lipinski definition) is 2. The van der Waals surface area contributed by atoms with E-state index < -0.39 is 34.0 Å². The van der Waals surface area contributed by atoms with Gasteiger partial charge in [-0.1, -0.05) is 18.2 Å². The molecule has 0 amide bonds. The van der Waals surface area contributed by atoms with Crippen molar-refractivity contribution in [1.82, 2.24) is 9.71 Å². The molecule has 8 heteroatoms. The van der Waals surface area contributed by atoms with Gasteiger partial charge in [0.1, 0.15) is 0 Å². The summed E-state index contributed by atoms with van der Waals surface area (Å²) in [4.78, 5) is 14.3. The first kappa shape index (κ1) is 16.1. The van der Waals surface area contributed by atoms with Gasteiger partial charge in [-0.3, -0.25) is 4.79 Å². The average molecular weight is 342 g/mol. The molecule has 1 aliphatic carbocycles. The molecule has 124 valence electrons. The highest BCUT2D eigenvalue weighted by Gasteiger charge is 2.45. The first-order valence-corrected chi connectivity index (χ1v) is 8.79. The number of aromatic amines is 1. The van der Waals surface area contributed by atoms with E-state index in [-0.39, 0.29) is 18.5 Å². The Hall–Kier alpha value is -1.80. The van der Waals surface area contributed by atoms with E-state index >= 15 is 0 Å². The summed E-state index contributed by atoms with van der Waals surface area (Å²) in [5.41, 5.74) is 0.330. The van der Waals surface area contributed by atoms with Crippen molar-refractivity contribution in [1.29, 1.82) is 0 Å². The molecule has 23 heavy (non-hydrogen) atoms. The van der Waals surface area contributed by atoms with E-state index in [1.165, 1.54) is 6.20 Å². The smallest absolute Gasteiger partial charge is 0.255 e. The topological polar surface area (TPSA) is 79.0 Å². The van der Waals surface area contributed by atoms with Gasteiger partial charge >= 0.3 is 0 Å². The Morgan fingerprint density at radius 2 is 1.96 bits per heavy atom. The summed E-state index contributed by atoms with van der Waals surface area (Å²) < 4.78 is 53.2. The lowest BCUT2D eigenvalue weighted by molar-refractivity contribution is 0.00953. The van der Waals surface area contributed by atoms with Crippen LogP contribution in [-0.4, -0.2) is 24.6 Å². The maximum absolute atomic E-state index is 13.2. The number of benzene rings is 1. The van der Waals surface area contributed by atoms with Crippen molar-refractivity contribution in [3.05, 3.63) is 46.4 Å². The molecule has 1 unspecified atom stereocenters. The lowest BCUT2D eigenvalue weighted by atomic mass is 10.1. The molecular formula is C15H16F2N2O3S. The van der Waals surface area contributed by atoms with Crippen LogP contribution in [0.5, 0.6) is 0 Å². The molecule has 1 fully saturated rings. The zero-order valence-electron chi connectivity index (χ0n) is 12.2. The number of hydrogen-bond acceptors (Lipinski definition) is 3. The van der Waals surface area contributed by atoms with Gasteiger partial charge in [0.15, 0.2) is 0 Å². The van der Waals surface area contributed by atoms with Gasteiger partial charge in [0.05, 0.1) is 5.25 Å². The maximum Gasteiger partial charge on any atom is 0.255 e. The fourth-order valence-electron chi connectivity index (χ4n) is 2.89. The Balaban J connectivity index is 1.81. The Bertz CT molecular complexity index is 893. The van der Waals surface area contributed by atoms with E-state index in [1.54, 1.807) is 24.3 Å². The van der Waals surface area contributed by atoms with E-state index in [1.807, 2.05) is 0 Å². The van der Waals surface area contributed by atoms with Crippen LogP contribution in [0.15, 0.2) is 35.3 Å². The highest BCUT2D eigenvalue weighted by atomic mass is 32.2. The second kappa shape index (κ2) is 5.68. The first-order valence-electron chi connectivity index (χ1n) is 7.24. The van der Waals surface area contributed by atoms with Crippen molar-refractivity contribution in [2.45, 2.75) is 37.0 Å². The van der Waals surface area contributed by atoms with E-state index in [0.29, 0.717) is 16.3 Å². The number of rotatable bonds is 4. The number of H-pyrrole nitrogens is 1. The number of nitrogens with one attached hydrogen (secondary N) is 2. The minimum absolute atomic E-state index is 0.0469. The lowest BCUT2D eigenvalue weighted by Gasteiger charge is -2.14. The van der Waals surface area contributed by atoms with Gasteiger partial charge < -0.3 is 4.98 Å². The van der Waals surface area contributed by atoms with Crippen molar-refractivity contribution in [2.24, 2.45) is 0 Å². The van der Waals surface area contributed by atoms with E-state index in [9.17, 15) is 22.0 Å². The third kappa shape index (κ3) is 3.28. The average Bonchev–Trinajstić information content (AvgIpc) is 2.88. The fraction of sp³-hybridized carbons (Fsp3) is 0.400. The zero-order chi connectivity index (χ0) is 16.7. The molecule has 1 heterocycles. The zero-order valence-corrected chi connectivity index (χ0v) is 13.0. The quantitative estimate of drug-likeness (QED) is 0.893. The summed E-state index contributed by atoms with van der Waals surface area (Å²) >= 11 is 0. The summed E-state index contributed by atoms with van der Waals surface area (Å²) in [5, 5.41) is 0.0128. The van der Waals surface area contributed by atoms with Crippen molar-refractivity contribution < 1.29 is 17.2 Å². The second-order valence-electron chi connectivity index (χ2n) is 5.78. The molecule has 1 aromatic carbocycles. The normalized spacial score (nSPS) is 20.9. The Labute approximate surface area is 131 Å². The van der Waals surface area contributed by atoms with E-state index in [2.05, 4.69) is 9.71 Å². The number of pyridine rings is 1. The molecule has 1 aliphatic rings. The summed E-state index contributed by atoms with van der Waals surface area (Å²) in [7, 11) is -3.83. The van der Waals surface area contributed by atoms with Crippen LogP contribution in [0.3, 0.4) is 0 Å². The highest BCUT2D eigenvalue weighted by molar-refractivity contribution is 7.90. The van der Waals surface area contributed by atoms with Gasteiger partial charge in [-0.2, -0.15) is 0 Å². The van der Waals surface area contributed by atoms with Crippen molar-refractivity contribution in [3.63, 3.8) is 0 Å². The van der Waals surface area contributed by atoms with Crippen LogP contribution in [0, 0.1) is 0 Å². The minimum atomic E-state index is -3.83. The van der Waals surface area contributed by atoms with Crippen molar-refractivity contribution >= 4 is 20.8 Å².